The van der Waals surface area contributed by atoms with Crippen LogP contribution in [0.5, 0.6) is 0 Å². The minimum Gasteiger partial charge on any atom is -0.394 e. The number of hydrogen-bond donors (Lipinski definition) is 2. The highest BCUT2D eigenvalue weighted by Crippen LogP contribution is 2.31. The molecule has 2 unspecified atom stereocenters. The fourth-order valence-corrected chi connectivity index (χ4v) is 2.81. The van der Waals surface area contributed by atoms with Crippen LogP contribution in [0.3, 0.4) is 0 Å². The second-order valence-corrected chi connectivity index (χ2v) is 6.64. The molecule has 1 aliphatic rings. The summed E-state index contributed by atoms with van der Waals surface area (Å²) in [5.41, 5.74) is -0.134. The summed E-state index contributed by atoms with van der Waals surface area (Å²) in [5, 5.41) is 13.2. The quantitative estimate of drug-likeness (QED) is 0.606. The van der Waals surface area contributed by atoms with Crippen LogP contribution < -0.4 is 5.32 Å². The summed E-state index contributed by atoms with van der Waals surface area (Å²) in [4.78, 5) is 2.62. The molecule has 1 rings (SSSR count). The van der Waals surface area contributed by atoms with Gasteiger partial charge in [-0.25, -0.2) is 0 Å². The van der Waals surface area contributed by atoms with Crippen molar-refractivity contribution in [3.8, 4) is 0 Å². The van der Waals surface area contributed by atoms with Gasteiger partial charge in [0.1, 0.15) is 0 Å². The molecule has 1 saturated carbocycles. The highest BCUT2D eigenvalue weighted by Gasteiger charge is 2.30. The molecule has 0 aliphatic heterocycles. The van der Waals surface area contributed by atoms with Crippen LogP contribution in [-0.2, 0) is 0 Å². The zero-order valence-corrected chi connectivity index (χ0v) is 13.4. The maximum atomic E-state index is 9.69. The van der Waals surface area contributed by atoms with E-state index in [1.807, 2.05) is 0 Å². The zero-order chi connectivity index (χ0) is 14.3. The SMILES string of the molecule is CCCNC(C)(CO)CC(C)N(CCC)CC1CC1. The third-order valence-corrected chi connectivity index (χ3v) is 4.22. The standard InChI is InChI=1S/C16H34N2O/c1-5-9-17-16(4,13-19)11-14(3)18(10-6-2)12-15-7-8-15/h14-15,17,19H,5-13H2,1-4H3. The van der Waals surface area contributed by atoms with Crippen molar-refractivity contribution in [2.45, 2.75) is 71.4 Å². The fraction of sp³-hybridized carbons (Fsp3) is 1.00. The topological polar surface area (TPSA) is 35.5 Å². The molecular formula is C16H34N2O. The van der Waals surface area contributed by atoms with Gasteiger partial charge in [-0.15, -0.1) is 0 Å². The average Bonchev–Trinajstić information content (AvgIpc) is 3.20. The first-order valence-corrected chi connectivity index (χ1v) is 8.14. The van der Waals surface area contributed by atoms with Crippen LogP contribution in [-0.4, -0.2) is 47.8 Å². The van der Waals surface area contributed by atoms with Gasteiger partial charge in [-0.1, -0.05) is 13.8 Å². The van der Waals surface area contributed by atoms with Crippen LogP contribution >= 0.6 is 0 Å². The Hall–Kier alpha value is -0.120. The lowest BCUT2D eigenvalue weighted by Gasteiger charge is -2.37. The largest absolute Gasteiger partial charge is 0.394 e. The molecule has 0 spiro atoms. The van der Waals surface area contributed by atoms with Crippen molar-refractivity contribution in [3.63, 3.8) is 0 Å². The third-order valence-electron chi connectivity index (χ3n) is 4.22. The third kappa shape index (κ3) is 6.24. The number of rotatable bonds is 11. The van der Waals surface area contributed by atoms with Crippen molar-refractivity contribution in [1.82, 2.24) is 10.2 Å². The first-order valence-electron chi connectivity index (χ1n) is 8.14. The van der Waals surface area contributed by atoms with Crippen LogP contribution in [0.1, 0.15) is 59.8 Å². The van der Waals surface area contributed by atoms with Gasteiger partial charge in [-0.3, -0.25) is 0 Å². The Bertz CT molecular complexity index is 243. The summed E-state index contributed by atoms with van der Waals surface area (Å²) in [6, 6.07) is 0.544. The molecule has 0 bridgehead atoms. The molecule has 0 aromatic rings. The molecule has 2 N–H and O–H groups in total. The lowest BCUT2D eigenvalue weighted by atomic mass is 9.93. The van der Waals surface area contributed by atoms with E-state index >= 15 is 0 Å². The summed E-state index contributed by atoms with van der Waals surface area (Å²) in [7, 11) is 0. The molecule has 0 heterocycles. The van der Waals surface area contributed by atoms with E-state index in [1.165, 1.54) is 32.4 Å². The first-order chi connectivity index (χ1) is 9.04. The minimum absolute atomic E-state index is 0.134. The van der Waals surface area contributed by atoms with E-state index in [0.717, 1.165) is 25.3 Å². The molecule has 0 radical (unpaired) electrons. The van der Waals surface area contributed by atoms with Crippen molar-refractivity contribution in [2.24, 2.45) is 5.92 Å². The molecule has 0 aromatic carbocycles. The van der Waals surface area contributed by atoms with E-state index in [0.29, 0.717) is 6.04 Å². The Balaban J connectivity index is 2.48. The molecule has 19 heavy (non-hydrogen) atoms. The van der Waals surface area contributed by atoms with Gasteiger partial charge in [0.05, 0.1) is 6.61 Å². The zero-order valence-electron chi connectivity index (χ0n) is 13.4. The number of nitrogens with zero attached hydrogens (tertiary/aromatic N) is 1. The Kier molecular flexibility index (Phi) is 7.33. The predicted molar refractivity (Wildman–Crippen MR) is 82.5 cm³/mol. The molecule has 3 nitrogen and oxygen atoms in total. The average molecular weight is 270 g/mol. The highest BCUT2D eigenvalue weighted by molar-refractivity contribution is 4.88. The lowest BCUT2D eigenvalue weighted by molar-refractivity contribution is 0.111. The van der Waals surface area contributed by atoms with Crippen molar-refractivity contribution < 1.29 is 5.11 Å². The molecule has 1 aliphatic carbocycles. The number of aliphatic hydroxyl groups excluding tert-OH is 1. The lowest BCUT2D eigenvalue weighted by Crippen LogP contribution is -2.51. The second-order valence-electron chi connectivity index (χ2n) is 6.64. The van der Waals surface area contributed by atoms with Crippen molar-refractivity contribution in [3.05, 3.63) is 0 Å². The highest BCUT2D eigenvalue weighted by atomic mass is 16.3. The van der Waals surface area contributed by atoms with Gasteiger partial charge >= 0.3 is 0 Å². The van der Waals surface area contributed by atoms with Crippen molar-refractivity contribution in [2.75, 3.05) is 26.2 Å². The minimum atomic E-state index is -0.134. The number of aliphatic hydroxyl groups is 1. The summed E-state index contributed by atoms with van der Waals surface area (Å²) in [6.07, 6.45) is 6.19. The molecule has 0 saturated heterocycles. The van der Waals surface area contributed by atoms with Crippen LogP contribution in [0.4, 0.5) is 0 Å². The molecule has 0 aromatic heterocycles. The van der Waals surface area contributed by atoms with E-state index in [9.17, 15) is 5.11 Å². The Labute approximate surface area is 119 Å². The predicted octanol–water partition coefficient (Wildman–Crippen LogP) is 2.64. The molecule has 1 fully saturated rings. The van der Waals surface area contributed by atoms with Gasteiger partial charge < -0.3 is 15.3 Å². The number of hydrogen-bond acceptors (Lipinski definition) is 3. The van der Waals surface area contributed by atoms with Gasteiger partial charge in [0.2, 0.25) is 0 Å². The monoisotopic (exact) mass is 270 g/mol. The molecule has 2 atom stereocenters. The van der Waals surface area contributed by atoms with Crippen LogP contribution in [0.15, 0.2) is 0 Å². The number of nitrogens with one attached hydrogen (secondary N) is 1. The molecule has 114 valence electrons. The molecule has 3 heteroatoms. The van der Waals surface area contributed by atoms with Gasteiger partial charge in [0.15, 0.2) is 0 Å². The van der Waals surface area contributed by atoms with Crippen molar-refractivity contribution >= 4 is 0 Å². The summed E-state index contributed by atoms with van der Waals surface area (Å²) < 4.78 is 0. The van der Waals surface area contributed by atoms with Gasteiger partial charge in [-0.05, 0) is 65.0 Å². The molecular weight excluding hydrogens is 236 g/mol. The van der Waals surface area contributed by atoms with Crippen LogP contribution in [0, 0.1) is 5.92 Å². The smallest absolute Gasteiger partial charge is 0.0611 e. The van der Waals surface area contributed by atoms with Crippen LogP contribution in [0.25, 0.3) is 0 Å². The first kappa shape index (κ1) is 16.9. The maximum absolute atomic E-state index is 9.69. The van der Waals surface area contributed by atoms with Gasteiger partial charge in [-0.2, -0.15) is 0 Å². The van der Waals surface area contributed by atoms with Gasteiger partial charge in [0, 0.05) is 18.1 Å². The van der Waals surface area contributed by atoms with E-state index in [2.05, 4.69) is 37.9 Å². The van der Waals surface area contributed by atoms with E-state index in [4.69, 9.17) is 0 Å². The van der Waals surface area contributed by atoms with E-state index in [1.54, 1.807) is 0 Å². The van der Waals surface area contributed by atoms with Crippen molar-refractivity contribution in [1.29, 1.82) is 0 Å². The van der Waals surface area contributed by atoms with E-state index in [-0.39, 0.29) is 12.1 Å². The maximum Gasteiger partial charge on any atom is 0.0611 e. The van der Waals surface area contributed by atoms with Crippen LogP contribution in [0.2, 0.25) is 0 Å². The fourth-order valence-electron chi connectivity index (χ4n) is 2.81. The Morgan fingerprint density at radius 3 is 2.47 bits per heavy atom. The Morgan fingerprint density at radius 1 is 1.32 bits per heavy atom. The second kappa shape index (κ2) is 8.23. The summed E-state index contributed by atoms with van der Waals surface area (Å²) in [6.45, 7) is 12.6. The van der Waals surface area contributed by atoms with Gasteiger partial charge in [0.25, 0.3) is 0 Å². The Morgan fingerprint density at radius 2 is 2.00 bits per heavy atom. The summed E-state index contributed by atoms with van der Waals surface area (Å²) in [5.74, 6) is 0.943. The molecule has 0 amide bonds. The van der Waals surface area contributed by atoms with E-state index < -0.39 is 0 Å². The normalized spacial score (nSPS) is 20.5. The summed E-state index contributed by atoms with van der Waals surface area (Å²) >= 11 is 0.